The first kappa shape index (κ1) is 11.7. The summed E-state index contributed by atoms with van der Waals surface area (Å²) in [6.07, 6.45) is 2.94. The Morgan fingerprint density at radius 1 is 1.50 bits per heavy atom. The van der Waals surface area contributed by atoms with Crippen LogP contribution in [0.3, 0.4) is 0 Å². The van der Waals surface area contributed by atoms with Gasteiger partial charge in [-0.3, -0.25) is 4.68 Å². The molecule has 1 aromatic rings. The van der Waals surface area contributed by atoms with Crippen molar-refractivity contribution in [2.75, 3.05) is 6.54 Å². The molecule has 14 heavy (non-hydrogen) atoms. The summed E-state index contributed by atoms with van der Waals surface area (Å²) in [4.78, 5) is 0. The molecule has 0 saturated heterocycles. The summed E-state index contributed by atoms with van der Waals surface area (Å²) >= 11 is 3.58. The summed E-state index contributed by atoms with van der Waals surface area (Å²) in [5.41, 5.74) is 6.79. The second-order valence-electron chi connectivity index (χ2n) is 3.91. The molecule has 0 aromatic carbocycles. The highest BCUT2D eigenvalue weighted by Crippen LogP contribution is 2.28. The van der Waals surface area contributed by atoms with E-state index in [1.54, 1.807) is 0 Å². The molecule has 0 saturated carbocycles. The quantitative estimate of drug-likeness (QED) is 0.904. The lowest BCUT2D eigenvalue weighted by Crippen LogP contribution is -2.06. The predicted octanol–water partition coefficient (Wildman–Crippen LogP) is 2.68. The summed E-state index contributed by atoms with van der Waals surface area (Å²) in [6, 6.07) is 0.392. The van der Waals surface area contributed by atoms with Gasteiger partial charge in [0.15, 0.2) is 0 Å². The van der Waals surface area contributed by atoms with Crippen LogP contribution in [-0.2, 0) is 0 Å². The van der Waals surface area contributed by atoms with Crippen molar-refractivity contribution in [2.45, 2.75) is 39.2 Å². The maximum absolute atomic E-state index is 5.54. The van der Waals surface area contributed by atoms with E-state index in [2.05, 4.69) is 41.8 Å². The van der Waals surface area contributed by atoms with E-state index in [4.69, 9.17) is 5.73 Å². The van der Waals surface area contributed by atoms with Crippen molar-refractivity contribution in [1.29, 1.82) is 0 Å². The zero-order chi connectivity index (χ0) is 10.7. The fourth-order valence-corrected chi connectivity index (χ4v) is 2.45. The molecule has 0 radical (unpaired) electrons. The summed E-state index contributed by atoms with van der Waals surface area (Å²) in [7, 11) is 0. The lowest BCUT2D eigenvalue weighted by atomic mass is 10.0. The van der Waals surface area contributed by atoms with E-state index >= 15 is 0 Å². The average molecular weight is 260 g/mol. The molecule has 0 aliphatic rings. The Hall–Kier alpha value is -0.350. The fraction of sp³-hybridized carbons (Fsp3) is 0.700. The topological polar surface area (TPSA) is 43.8 Å². The van der Waals surface area contributed by atoms with E-state index in [1.807, 2.05) is 10.9 Å². The molecule has 0 aliphatic heterocycles. The van der Waals surface area contributed by atoms with Gasteiger partial charge in [0.2, 0.25) is 0 Å². The van der Waals surface area contributed by atoms with Gasteiger partial charge in [0, 0.05) is 11.6 Å². The van der Waals surface area contributed by atoms with Gasteiger partial charge in [0.1, 0.15) is 4.60 Å². The van der Waals surface area contributed by atoms with Crippen molar-refractivity contribution in [3.8, 4) is 0 Å². The van der Waals surface area contributed by atoms with Crippen LogP contribution in [-0.4, -0.2) is 16.3 Å². The minimum atomic E-state index is 0.392. The largest absolute Gasteiger partial charge is 0.330 e. The van der Waals surface area contributed by atoms with Gasteiger partial charge in [-0.25, -0.2) is 0 Å². The monoisotopic (exact) mass is 259 g/mol. The molecule has 0 fully saturated rings. The van der Waals surface area contributed by atoms with E-state index in [0.717, 1.165) is 17.6 Å². The molecule has 80 valence electrons. The van der Waals surface area contributed by atoms with E-state index < -0.39 is 0 Å². The van der Waals surface area contributed by atoms with Crippen LogP contribution in [0, 0.1) is 0 Å². The lowest BCUT2D eigenvalue weighted by molar-refractivity contribution is 0.520. The average Bonchev–Trinajstić information content (AvgIpc) is 2.47. The smallest absolute Gasteiger partial charge is 0.107 e. The molecule has 1 atom stereocenters. The Balaban J connectivity index is 2.89. The minimum Gasteiger partial charge on any atom is -0.330 e. The number of rotatable bonds is 4. The molecule has 1 rings (SSSR count). The number of aromatic nitrogens is 2. The van der Waals surface area contributed by atoms with Crippen LogP contribution in [0.5, 0.6) is 0 Å². The van der Waals surface area contributed by atoms with Gasteiger partial charge in [-0.2, -0.15) is 5.10 Å². The maximum atomic E-state index is 5.54. The number of halogens is 1. The molecular weight excluding hydrogens is 242 g/mol. The number of nitrogens with two attached hydrogens (primary N) is 1. The molecule has 2 N–H and O–H groups in total. The zero-order valence-electron chi connectivity index (χ0n) is 9.00. The first-order valence-electron chi connectivity index (χ1n) is 5.00. The molecule has 1 heterocycles. The van der Waals surface area contributed by atoms with Crippen molar-refractivity contribution in [3.05, 3.63) is 16.4 Å². The summed E-state index contributed by atoms with van der Waals surface area (Å²) < 4.78 is 3.08. The second-order valence-corrected chi connectivity index (χ2v) is 4.66. The van der Waals surface area contributed by atoms with Crippen LogP contribution >= 0.6 is 15.9 Å². The molecule has 0 bridgehead atoms. The van der Waals surface area contributed by atoms with E-state index in [0.29, 0.717) is 12.0 Å². The van der Waals surface area contributed by atoms with Crippen LogP contribution in [0.15, 0.2) is 10.8 Å². The lowest BCUT2D eigenvalue weighted by Gasteiger charge is -2.10. The van der Waals surface area contributed by atoms with Crippen molar-refractivity contribution in [1.82, 2.24) is 9.78 Å². The first-order valence-corrected chi connectivity index (χ1v) is 5.80. The van der Waals surface area contributed by atoms with E-state index in [1.165, 1.54) is 5.56 Å². The van der Waals surface area contributed by atoms with Crippen LogP contribution in [0.1, 0.15) is 44.7 Å². The highest BCUT2D eigenvalue weighted by atomic mass is 79.9. The molecule has 1 aromatic heterocycles. The van der Waals surface area contributed by atoms with Crippen LogP contribution < -0.4 is 5.73 Å². The maximum Gasteiger partial charge on any atom is 0.107 e. The molecule has 3 nitrogen and oxygen atoms in total. The Bertz CT molecular complexity index is 294. The number of nitrogens with zero attached hydrogens (tertiary/aromatic N) is 2. The van der Waals surface area contributed by atoms with Gasteiger partial charge < -0.3 is 5.73 Å². The molecule has 0 amide bonds. The van der Waals surface area contributed by atoms with E-state index in [9.17, 15) is 0 Å². The summed E-state index contributed by atoms with van der Waals surface area (Å²) in [6.45, 7) is 7.14. The SMILES string of the molecule is CC(CCN)c1cnn(C(C)C)c1Br. The second kappa shape index (κ2) is 4.94. The van der Waals surface area contributed by atoms with E-state index in [-0.39, 0.29) is 0 Å². The highest BCUT2D eigenvalue weighted by Gasteiger charge is 2.14. The summed E-state index contributed by atoms with van der Waals surface area (Å²) in [5.74, 6) is 0.474. The third-order valence-electron chi connectivity index (χ3n) is 2.38. The number of hydrogen-bond acceptors (Lipinski definition) is 2. The van der Waals surface area contributed by atoms with Crippen LogP contribution in [0.25, 0.3) is 0 Å². The van der Waals surface area contributed by atoms with Crippen LogP contribution in [0.2, 0.25) is 0 Å². The normalized spacial score (nSPS) is 13.6. The standard InChI is InChI=1S/C10H18BrN3/c1-7(2)14-10(11)9(6-13-14)8(3)4-5-12/h6-8H,4-5,12H2,1-3H3. The molecule has 0 spiro atoms. The fourth-order valence-electron chi connectivity index (χ4n) is 1.46. The van der Waals surface area contributed by atoms with Crippen molar-refractivity contribution in [3.63, 3.8) is 0 Å². The van der Waals surface area contributed by atoms with Gasteiger partial charge >= 0.3 is 0 Å². The highest BCUT2D eigenvalue weighted by molar-refractivity contribution is 9.10. The third kappa shape index (κ3) is 2.36. The molecule has 1 unspecified atom stereocenters. The van der Waals surface area contributed by atoms with Gasteiger partial charge in [-0.15, -0.1) is 0 Å². The first-order chi connectivity index (χ1) is 6.57. The Morgan fingerprint density at radius 3 is 2.57 bits per heavy atom. The van der Waals surface area contributed by atoms with Crippen LogP contribution in [0.4, 0.5) is 0 Å². The van der Waals surface area contributed by atoms with Gasteiger partial charge in [-0.05, 0) is 48.7 Å². The predicted molar refractivity (Wildman–Crippen MR) is 62.4 cm³/mol. The van der Waals surface area contributed by atoms with Gasteiger partial charge in [-0.1, -0.05) is 6.92 Å². The molecule has 0 aliphatic carbocycles. The third-order valence-corrected chi connectivity index (χ3v) is 3.20. The van der Waals surface area contributed by atoms with Crippen molar-refractivity contribution >= 4 is 15.9 Å². The zero-order valence-corrected chi connectivity index (χ0v) is 10.6. The van der Waals surface area contributed by atoms with Crippen molar-refractivity contribution < 1.29 is 0 Å². The Morgan fingerprint density at radius 2 is 2.14 bits per heavy atom. The molecular formula is C10H18BrN3. The Kier molecular flexibility index (Phi) is 4.13. The minimum absolute atomic E-state index is 0.392. The Labute approximate surface area is 93.8 Å². The summed E-state index contributed by atoms with van der Waals surface area (Å²) in [5, 5.41) is 4.35. The number of hydrogen-bond donors (Lipinski definition) is 1. The molecule has 4 heteroatoms. The van der Waals surface area contributed by atoms with Gasteiger partial charge in [0.05, 0.1) is 6.20 Å². The van der Waals surface area contributed by atoms with Crippen molar-refractivity contribution in [2.24, 2.45) is 5.73 Å². The van der Waals surface area contributed by atoms with Gasteiger partial charge in [0.25, 0.3) is 0 Å².